The average molecular weight is 553 g/mol. The smallest absolute Gasteiger partial charge is 0.338 e. The van der Waals surface area contributed by atoms with Crippen molar-refractivity contribution in [2.45, 2.75) is 26.8 Å². The summed E-state index contributed by atoms with van der Waals surface area (Å²) < 4.78 is 28.6. The third kappa shape index (κ3) is 5.44. The minimum atomic E-state index is -0.805. The first-order chi connectivity index (χ1) is 18.7. The molecule has 0 saturated heterocycles. The third-order valence-corrected chi connectivity index (χ3v) is 6.95. The molecule has 2 heterocycles. The molecule has 0 aliphatic carbocycles. The van der Waals surface area contributed by atoms with Gasteiger partial charge in [-0.2, -0.15) is 0 Å². The van der Waals surface area contributed by atoms with Crippen molar-refractivity contribution in [1.29, 1.82) is 0 Å². The Hall–Kier alpha value is -4.38. The number of ether oxygens (including phenoxy) is 5. The van der Waals surface area contributed by atoms with Gasteiger partial charge >= 0.3 is 11.9 Å². The van der Waals surface area contributed by atoms with Gasteiger partial charge in [0, 0.05) is 6.92 Å². The molecule has 0 amide bonds. The van der Waals surface area contributed by atoms with E-state index in [0.29, 0.717) is 50.0 Å². The first kappa shape index (κ1) is 27.6. The van der Waals surface area contributed by atoms with Crippen molar-refractivity contribution < 1.29 is 33.3 Å². The first-order valence-corrected chi connectivity index (χ1v) is 12.8. The van der Waals surface area contributed by atoms with Gasteiger partial charge in [-0.3, -0.25) is 14.2 Å². The maximum atomic E-state index is 13.8. The summed E-state index contributed by atoms with van der Waals surface area (Å²) in [5.41, 5.74) is 1.63. The number of rotatable bonds is 8. The number of allylic oxidation sites excluding steroid dienone is 1. The molecule has 0 spiro atoms. The van der Waals surface area contributed by atoms with Crippen LogP contribution in [-0.2, 0) is 14.3 Å². The van der Waals surface area contributed by atoms with Crippen LogP contribution in [0.5, 0.6) is 23.0 Å². The van der Waals surface area contributed by atoms with E-state index in [1.807, 2.05) is 6.92 Å². The van der Waals surface area contributed by atoms with Crippen molar-refractivity contribution in [1.82, 2.24) is 4.57 Å². The minimum Gasteiger partial charge on any atom is -0.493 e. The maximum absolute atomic E-state index is 13.8. The van der Waals surface area contributed by atoms with E-state index in [9.17, 15) is 14.4 Å². The van der Waals surface area contributed by atoms with Gasteiger partial charge in [-0.25, -0.2) is 9.79 Å². The highest BCUT2D eigenvalue weighted by Gasteiger charge is 2.33. The standard InChI is InChI=1S/C28H28N2O8S/c1-7-37-22-12-17(8-10-20(22)38-16(3)31)13-23-26(32)30-25(18-9-11-19(34-4)21(14-18)35-5)24(27(33)36-6)15(2)29-28(30)39-23/h8-14,25H,7H2,1-6H3/b23-13+/t25-/m1/s1. The molecule has 3 aromatic rings. The van der Waals surface area contributed by atoms with E-state index in [0.717, 1.165) is 0 Å². The molecule has 0 unspecified atom stereocenters. The fourth-order valence-electron chi connectivity index (χ4n) is 4.30. The largest absolute Gasteiger partial charge is 0.493 e. The lowest BCUT2D eigenvalue weighted by Gasteiger charge is -2.25. The molecule has 1 aromatic heterocycles. The van der Waals surface area contributed by atoms with Crippen LogP contribution >= 0.6 is 11.3 Å². The predicted octanol–water partition coefficient (Wildman–Crippen LogP) is 2.75. The van der Waals surface area contributed by atoms with Gasteiger partial charge in [-0.1, -0.05) is 23.5 Å². The number of esters is 2. The molecule has 1 atom stereocenters. The zero-order valence-corrected chi connectivity index (χ0v) is 23.2. The van der Waals surface area contributed by atoms with Gasteiger partial charge in [-0.15, -0.1) is 0 Å². The highest BCUT2D eigenvalue weighted by molar-refractivity contribution is 7.07. The lowest BCUT2D eigenvalue weighted by Crippen LogP contribution is -2.39. The number of aromatic nitrogens is 1. The Bertz CT molecular complexity index is 1650. The Morgan fingerprint density at radius 3 is 2.38 bits per heavy atom. The molecular weight excluding hydrogens is 524 g/mol. The van der Waals surface area contributed by atoms with E-state index < -0.39 is 18.0 Å². The van der Waals surface area contributed by atoms with Crippen LogP contribution in [0.3, 0.4) is 0 Å². The van der Waals surface area contributed by atoms with Gasteiger partial charge < -0.3 is 23.7 Å². The SMILES string of the molecule is CCOc1cc(/C=c2/sc3n(c2=O)[C@H](c2ccc(OC)c(OC)c2)C(C(=O)OC)=C(C)N=3)ccc1OC(C)=O. The van der Waals surface area contributed by atoms with Gasteiger partial charge in [0.05, 0.1) is 49.8 Å². The molecule has 0 saturated carbocycles. The van der Waals surface area contributed by atoms with Crippen molar-refractivity contribution in [2.24, 2.45) is 4.99 Å². The second-order valence-electron chi connectivity index (χ2n) is 8.42. The molecule has 39 heavy (non-hydrogen) atoms. The number of carbonyl (C=O) groups excluding carboxylic acids is 2. The summed E-state index contributed by atoms with van der Waals surface area (Å²) in [6.07, 6.45) is 1.70. The molecular formula is C28H28N2O8S. The van der Waals surface area contributed by atoms with E-state index in [4.69, 9.17) is 23.7 Å². The molecule has 4 rings (SSSR count). The fourth-order valence-corrected chi connectivity index (χ4v) is 5.35. The molecule has 0 fully saturated rings. The Balaban J connectivity index is 1.91. The van der Waals surface area contributed by atoms with E-state index in [1.54, 1.807) is 49.4 Å². The van der Waals surface area contributed by atoms with Crippen LogP contribution in [-0.4, -0.2) is 44.4 Å². The quantitative estimate of drug-likeness (QED) is 0.310. The van der Waals surface area contributed by atoms with Crippen LogP contribution in [0.25, 0.3) is 6.08 Å². The molecule has 0 N–H and O–H groups in total. The molecule has 10 nitrogen and oxygen atoms in total. The summed E-state index contributed by atoms with van der Waals surface area (Å²) in [5.74, 6) is 0.566. The number of carbonyl (C=O) groups is 2. The number of hydrogen-bond acceptors (Lipinski definition) is 10. The van der Waals surface area contributed by atoms with Gasteiger partial charge in [0.2, 0.25) is 0 Å². The zero-order valence-electron chi connectivity index (χ0n) is 22.4. The van der Waals surface area contributed by atoms with Gasteiger partial charge in [0.1, 0.15) is 0 Å². The van der Waals surface area contributed by atoms with Crippen LogP contribution < -0.4 is 33.8 Å². The van der Waals surface area contributed by atoms with E-state index in [2.05, 4.69) is 4.99 Å². The van der Waals surface area contributed by atoms with Crippen LogP contribution in [0.2, 0.25) is 0 Å². The van der Waals surface area contributed by atoms with E-state index in [-0.39, 0.29) is 16.9 Å². The molecule has 11 heteroatoms. The number of thiazole rings is 1. The minimum absolute atomic E-state index is 0.244. The number of hydrogen-bond donors (Lipinski definition) is 0. The Morgan fingerprint density at radius 1 is 1.03 bits per heavy atom. The van der Waals surface area contributed by atoms with Crippen molar-refractivity contribution in [3.63, 3.8) is 0 Å². The molecule has 204 valence electrons. The van der Waals surface area contributed by atoms with Crippen LogP contribution in [0.4, 0.5) is 0 Å². The molecule has 2 aromatic carbocycles. The van der Waals surface area contributed by atoms with Crippen LogP contribution in [0.15, 0.2) is 57.5 Å². The van der Waals surface area contributed by atoms with Crippen molar-refractivity contribution in [3.05, 3.63) is 78.5 Å². The highest BCUT2D eigenvalue weighted by Crippen LogP contribution is 2.36. The Morgan fingerprint density at radius 2 is 1.74 bits per heavy atom. The predicted molar refractivity (Wildman–Crippen MR) is 144 cm³/mol. The van der Waals surface area contributed by atoms with E-state index >= 15 is 0 Å². The fraction of sp³-hybridized carbons (Fsp3) is 0.286. The van der Waals surface area contributed by atoms with Gasteiger partial charge in [-0.05, 0) is 55.3 Å². The van der Waals surface area contributed by atoms with Gasteiger partial charge in [0.25, 0.3) is 5.56 Å². The van der Waals surface area contributed by atoms with Gasteiger partial charge in [0.15, 0.2) is 27.8 Å². The topological polar surface area (TPSA) is 115 Å². The summed E-state index contributed by atoms with van der Waals surface area (Å²) in [6, 6.07) is 9.43. The summed E-state index contributed by atoms with van der Waals surface area (Å²) in [4.78, 5) is 43.2. The summed E-state index contributed by atoms with van der Waals surface area (Å²) in [6.45, 7) is 5.20. The molecule has 0 radical (unpaired) electrons. The maximum Gasteiger partial charge on any atom is 0.338 e. The zero-order chi connectivity index (χ0) is 28.3. The van der Waals surface area contributed by atoms with Crippen molar-refractivity contribution in [2.75, 3.05) is 27.9 Å². The number of benzene rings is 2. The third-order valence-electron chi connectivity index (χ3n) is 5.97. The molecule has 1 aliphatic rings. The number of methoxy groups -OCH3 is 3. The number of fused-ring (bicyclic) bond motifs is 1. The van der Waals surface area contributed by atoms with Crippen LogP contribution in [0.1, 0.15) is 37.9 Å². The second kappa shape index (κ2) is 11.6. The first-order valence-electron chi connectivity index (χ1n) is 12.0. The Labute approximate surface area is 228 Å². The van der Waals surface area contributed by atoms with Crippen molar-refractivity contribution in [3.8, 4) is 23.0 Å². The average Bonchev–Trinajstić information content (AvgIpc) is 3.22. The lowest BCUT2D eigenvalue weighted by atomic mass is 9.95. The summed E-state index contributed by atoms with van der Waals surface area (Å²) in [7, 11) is 4.33. The number of nitrogens with zero attached hydrogens (tertiary/aromatic N) is 2. The molecule has 0 bridgehead atoms. The Kier molecular flexibility index (Phi) is 8.20. The summed E-state index contributed by atoms with van der Waals surface area (Å²) >= 11 is 1.19. The normalized spacial score (nSPS) is 14.8. The lowest BCUT2D eigenvalue weighted by molar-refractivity contribution is -0.136. The monoisotopic (exact) mass is 552 g/mol. The summed E-state index contributed by atoms with van der Waals surface area (Å²) in [5, 5.41) is 0. The van der Waals surface area contributed by atoms with Crippen LogP contribution in [0, 0.1) is 0 Å². The van der Waals surface area contributed by atoms with Crippen molar-refractivity contribution >= 4 is 29.4 Å². The van der Waals surface area contributed by atoms with E-state index in [1.165, 1.54) is 44.2 Å². The highest BCUT2D eigenvalue weighted by atomic mass is 32.1. The second-order valence-corrected chi connectivity index (χ2v) is 9.43. The molecule has 1 aliphatic heterocycles.